The fraction of sp³-hybridized carbons (Fsp3) is 0. The van der Waals surface area contributed by atoms with Gasteiger partial charge in [0, 0.05) is 23.3 Å². The van der Waals surface area contributed by atoms with E-state index in [0.29, 0.717) is 11.5 Å². The summed E-state index contributed by atoms with van der Waals surface area (Å²) < 4.78 is 6.02. The Morgan fingerprint density at radius 1 is 0.733 bits per heavy atom. The maximum Gasteiger partial charge on any atom is 0.277 e. The highest BCUT2D eigenvalue weighted by Gasteiger charge is 2.25. The number of hydrogen-bond acceptors (Lipinski definition) is 7. The molecular formula is C21H14N4O5. The second-order valence-electron chi connectivity index (χ2n) is 6.32. The third kappa shape index (κ3) is 3.72. The van der Waals surface area contributed by atoms with Gasteiger partial charge in [0.2, 0.25) is 5.90 Å². The Kier molecular flexibility index (Phi) is 4.92. The topological polar surface area (TPSA) is 120 Å². The fourth-order valence-corrected chi connectivity index (χ4v) is 2.97. The summed E-state index contributed by atoms with van der Waals surface area (Å²) in [5, 5.41) is 26.6. The molecule has 30 heavy (non-hydrogen) atoms. The van der Waals surface area contributed by atoms with E-state index in [0.717, 1.165) is 17.2 Å². The second-order valence-corrected chi connectivity index (χ2v) is 6.32. The Bertz CT molecular complexity index is 1160. The molecule has 9 nitrogen and oxygen atoms in total. The van der Waals surface area contributed by atoms with E-state index in [4.69, 9.17) is 4.74 Å². The molecule has 0 bridgehead atoms. The van der Waals surface area contributed by atoms with Crippen molar-refractivity contribution in [2.75, 3.05) is 0 Å². The molecule has 3 aromatic rings. The van der Waals surface area contributed by atoms with Crippen LogP contribution in [0.25, 0.3) is 11.5 Å². The third-order valence-electron chi connectivity index (χ3n) is 4.36. The average molecular weight is 402 g/mol. The number of nitro benzene ring substituents is 2. The fourth-order valence-electron chi connectivity index (χ4n) is 2.97. The van der Waals surface area contributed by atoms with Gasteiger partial charge < -0.3 is 4.74 Å². The summed E-state index contributed by atoms with van der Waals surface area (Å²) in [7, 11) is 0. The van der Waals surface area contributed by atoms with Crippen molar-refractivity contribution in [1.29, 1.82) is 0 Å². The Morgan fingerprint density at radius 3 is 1.80 bits per heavy atom. The van der Waals surface area contributed by atoms with Crippen molar-refractivity contribution in [2.24, 2.45) is 5.10 Å². The monoisotopic (exact) mass is 402 g/mol. The van der Waals surface area contributed by atoms with E-state index < -0.39 is 21.2 Å². The van der Waals surface area contributed by atoms with Crippen LogP contribution in [0, 0.1) is 20.2 Å². The lowest BCUT2D eigenvalue weighted by atomic mass is 10.1. The van der Waals surface area contributed by atoms with Gasteiger partial charge in [0.1, 0.15) is 5.70 Å². The average Bonchev–Trinajstić information content (AvgIpc) is 2.79. The molecule has 0 amide bonds. The van der Waals surface area contributed by atoms with Crippen LogP contribution in [0.2, 0.25) is 0 Å². The molecule has 3 aromatic carbocycles. The molecule has 1 heterocycles. The number of non-ortho nitro benzene ring substituents is 2. The van der Waals surface area contributed by atoms with E-state index in [1.54, 1.807) is 0 Å². The molecule has 0 atom stereocenters. The number of hydrogen-bond donors (Lipinski definition) is 1. The van der Waals surface area contributed by atoms with Gasteiger partial charge >= 0.3 is 0 Å². The van der Waals surface area contributed by atoms with Crippen LogP contribution in [0.3, 0.4) is 0 Å². The summed E-state index contributed by atoms with van der Waals surface area (Å²) in [6.07, 6.45) is 0. The molecule has 0 spiro atoms. The van der Waals surface area contributed by atoms with Crippen LogP contribution in [0.15, 0.2) is 84.0 Å². The first kappa shape index (κ1) is 18.8. The van der Waals surface area contributed by atoms with Gasteiger partial charge in [0.25, 0.3) is 11.4 Å². The van der Waals surface area contributed by atoms with E-state index >= 15 is 0 Å². The van der Waals surface area contributed by atoms with E-state index in [9.17, 15) is 20.2 Å². The van der Waals surface area contributed by atoms with Gasteiger partial charge in [0.15, 0.2) is 5.76 Å². The van der Waals surface area contributed by atoms with Gasteiger partial charge in [0.05, 0.1) is 21.5 Å². The Hall–Kier alpha value is -4.53. The van der Waals surface area contributed by atoms with Gasteiger partial charge in [-0.25, -0.2) is 0 Å². The first-order valence-corrected chi connectivity index (χ1v) is 8.84. The molecule has 1 N–H and O–H groups in total. The maximum atomic E-state index is 11.2. The standard InChI is InChI=1S/C21H14N4O5/c26-24(27)17-11-16(12-18(13-17)25(28)29)21-23-22-19(14-7-3-1-4-8-14)20(30-21)15-9-5-2-6-10-15/h1-13,22H. The van der Waals surface area contributed by atoms with Crippen molar-refractivity contribution in [2.45, 2.75) is 0 Å². The molecule has 148 valence electrons. The molecule has 4 rings (SSSR count). The number of nitrogens with one attached hydrogen (secondary N) is 1. The molecule has 1 aliphatic rings. The largest absolute Gasteiger partial charge is 0.434 e. The van der Waals surface area contributed by atoms with Crippen molar-refractivity contribution in [3.8, 4) is 0 Å². The van der Waals surface area contributed by atoms with Gasteiger partial charge in [-0.1, -0.05) is 60.7 Å². The van der Waals surface area contributed by atoms with Gasteiger partial charge in [-0.2, -0.15) is 0 Å². The first-order chi connectivity index (χ1) is 14.5. The van der Waals surface area contributed by atoms with Crippen LogP contribution in [0.5, 0.6) is 0 Å². The quantitative estimate of drug-likeness (QED) is 0.501. The maximum absolute atomic E-state index is 11.2. The Balaban J connectivity index is 1.80. The van der Waals surface area contributed by atoms with Crippen LogP contribution < -0.4 is 5.43 Å². The summed E-state index contributed by atoms with van der Waals surface area (Å²) in [6, 6.07) is 21.9. The number of nitro groups is 2. The minimum absolute atomic E-state index is 0.0136. The van der Waals surface area contributed by atoms with Crippen LogP contribution >= 0.6 is 0 Å². The number of ether oxygens (including phenoxy) is 1. The summed E-state index contributed by atoms with van der Waals surface area (Å²) in [5.74, 6) is 0.432. The molecule has 1 aliphatic heterocycles. The molecule has 9 heteroatoms. The van der Waals surface area contributed by atoms with Crippen LogP contribution in [0.1, 0.15) is 16.7 Å². The normalized spacial score (nSPS) is 13.1. The van der Waals surface area contributed by atoms with Gasteiger partial charge in [-0.3, -0.25) is 25.7 Å². The van der Waals surface area contributed by atoms with Crippen molar-refractivity contribution >= 4 is 28.7 Å². The zero-order valence-electron chi connectivity index (χ0n) is 15.4. The van der Waals surface area contributed by atoms with Crippen molar-refractivity contribution in [1.82, 2.24) is 5.43 Å². The SMILES string of the molecule is O=[N+]([O-])c1cc(C2=NNC(c3ccccc3)=C(c3ccccc3)O2)cc([N+](=O)[O-])c1. The molecule has 0 fully saturated rings. The van der Waals surface area contributed by atoms with Gasteiger partial charge in [-0.15, -0.1) is 5.10 Å². The minimum atomic E-state index is -0.698. The molecular weight excluding hydrogens is 388 g/mol. The highest BCUT2D eigenvalue weighted by molar-refractivity contribution is 6.03. The lowest BCUT2D eigenvalue weighted by Gasteiger charge is -2.22. The minimum Gasteiger partial charge on any atom is -0.434 e. The van der Waals surface area contributed by atoms with Crippen LogP contribution in [-0.4, -0.2) is 15.7 Å². The predicted molar refractivity (Wildman–Crippen MR) is 110 cm³/mol. The van der Waals surface area contributed by atoms with Crippen molar-refractivity contribution < 1.29 is 14.6 Å². The third-order valence-corrected chi connectivity index (χ3v) is 4.36. The summed E-state index contributed by atoms with van der Waals surface area (Å²) in [5.41, 5.74) is 4.37. The molecule has 0 radical (unpaired) electrons. The highest BCUT2D eigenvalue weighted by Crippen LogP contribution is 2.31. The number of nitrogens with zero attached hydrogens (tertiary/aromatic N) is 3. The molecule has 0 aromatic heterocycles. The Morgan fingerprint density at radius 2 is 1.27 bits per heavy atom. The van der Waals surface area contributed by atoms with Crippen molar-refractivity contribution in [3.05, 3.63) is 116 Å². The van der Waals surface area contributed by atoms with Crippen LogP contribution in [-0.2, 0) is 4.74 Å². The summed E-state index contributed by atoms with van der Waals surface area (Å²) in [4.78, 5) is 21.0. The number of benzene rings is 3. The lowest BCUT2D eigenvalue weighted by molar-refractivity contribution is -0.394. The predicted octanol–water partition coefficient (Wildman–Crippen LogP) is 4.31. The molecule has 0 saturated carbocycles. The van der Waals surface area contributed by atoms with E-state index in [1.165, 1.54) is 12.1 Å². The van der Waals surface area contributed by atoms with Crippen LogP contribution in [0.4, 0.5) is 11.4 Å². The summed E-state index contributed by atoms with van der Waals surface area (Å²) in [6.45, 7) is 0. The zero-order valence-corrected chi connectivity index (χ0v) is 15.4. The number of rotatable bonds is 5. The second kappa shape index (κ2) is 7.84. The van der Waals surface area contributed by atoms with Gasteiger partial charge in [-0.05, 0) is 0 Å². The molecule has 0 unspecified atom stereocenters. The lowest BCUT2D eigenvalue weighted by Crippen LogP contribution is -2.21. The smallest absolute Gasteiger partial charge is 0.277 e. The molecule has 0 saturated heterocycles. The highest BCUT2D eigenvalue weighted by atomic mass is 16.6. The first-order valence-electron chi connectivity index (χ1n) is 8.84. The van der Waals surface area contributed by atoms with E-state index in [-0.39, 0.29) is 11.5 Å². The zero-order chi connectivity index (χ0) is 21.1. The summed E-state index contributed by atoms with van der Waals surface area (Å²) >= 11 is 0. The van der Waals surface area contributed by atoms with E-state index in [1.807, 2.05) is 60.7 Å². The van der Waals surface area contributed by atoms with E-state index in [2.05, 4.69) is 10.5 Å². The number of hydrazone groups is 1. The Labute approximate surface area is 170 Å². The molecule has 0 aliphatic carbocycles. The van der Waals surface area contributed by atoms with Crippen molar-refractivity contribution in [3.63, 3.8) is 0 Å².